The molecule has 0 amide bonds. The Morgan fingerprint density at radius 2 is 1.86 bits per heavy atom. The van der Waals surface area contributed by atoms with Gasteiger partial charge in [-0.25, -0.2) is 18.4 Å². The van der Waals surface area contributed by atoms with Gasteiger partial charge in [0.15, 0.2) is 0 Å². The normalized spacial score (nSPS) is 13.1. The van der Waals surface area contributed by atoms with E-state index in [1.807, 2.05) is 20.8 Å². The molecule has 0 aliphatic heterocycles. The van der Waals surface area contributed by atoms with Crippen molar-refractivity contribution in [3.63, 3.8) is 0 Å². The highest BCUT2D eigenvalue weighted by atomic mass is 32.2. The quantitative estimate of drug-likeness (QED) is 0.499. The number of hydrogen-bond donors (Lipinski definition) is 4. The number of benzene rings is 2. The van der Waals surface area contributed by atoms with Crippen molar-refractivity contribution in [3.8, 4) is 5.75 Å². The summed E-state index contributed by atoms with van der Waals surface area (Å²) in [4.78, 5) is 12.0. The van der Waals surface area contributed by atoms with E-state index in [0.29, 0.717) is 12.1 Å². The van der Waals surface area contributed by atoms with Crippen molar-refractivity contribution in [1.82, 2.24) is 5.32 Å². The number of nitrogens with one attached hydrogen (secondary N) is 1. The molecule has 1 unspecified atom stereocenters. The van der Waals surface area contributed by atoms with Crippen LogP contribution in [0.4, 0.5) is 0 Å². The van der Waals surface area contributed by atoms with E-state index in [4.69, 9.17) is 9.88 Å². The zero-order valence-corrected chi connectivity index (χ0v) is 17.4. The summed E-state index contributed by atoms with van der Waals surface area (Å²) in [7, 11) is -4.10. The second-order valence-corrected chi connectivity index (χ2v) is 9.18. The molecule has 8 nitrogen and oxygen atoms in total. The number of aliphatic hydroxyl groups is 1. The van der Waals surface area contributed by atoms with Gasteiger partial charge in [0.1, 0.15) is 12.4 Å². The molecule has 0 radical (unpaired) electrons. The van der Waals surface area contributed by atoms with E-state index < -0.39 is 22.1 Å². The molecule has 5 N–H and O–H groups in total. The summed E-state index contributed by atoms with van der Waals surface area (Å²) in [5, 5.41) is 28.7. The third-order valence-electron chi connectivity index (χ3n) is 4.09. The summed E-state index contributed by atoms with van der Waals surface area (Å²) in [5.74, 6) is -1.01. The van der Waals surface area contributed by atoms with Crippen LogP contribution >= 0.6 is 0 Å². The van der Waals surface area contributed by atoms with Crippen LogP contribution in [0.3, 0.4) is 0 Å². The highest BCUT2D eigenvalue weighted by molar-refractivity contribution is 7.89. The van der Waals surface area contributed by atoms with E-state index in [1.165, 1.54) is 36.4 Å². The summed E-state index contributed by atoms with van der Waals surface area (Å²) in [5.41, 5.74) is 0.446. The van der Waals surface area contributed by atoms with Crippen LogP contribution in [0.2, 0.25) is 0 Å². The first-order valence-electron chi connectivity index (χ1n) is 8.92. The van der Waals surface area contributed by atoms with Gasteiger partial charge in [-0.05, 0) is 50.6 Å². The summed E-state index contributed by atoms with van der Waals surface area (Å²) in [6.45, 7) is 5.91. The summed E-state index contributed by atoms with van der Waals surface area (Å²) >= 11 is 0. The molecule has 0 aliphatic rings. The molecule has 9 heteroatoms. The minimum atomic E-state index is -4.10. The minimum Gasteiger partial charge on any atom is -0.508 e. The molecule has 0 saturated heterocycles. The highest BCUT2D eigenvalue weighted by Gasteiger charge is 2.21. The molecular weight excluding hydrogens is 396 g/mol. The van der Waals surface area contributed by atoms with Crippen LogP contribution in [-0.4, -0.2) is 36.7 Å². The highest BCUT2D eigenvalue weighted by Crippen LogP contribution is 2.24. The fraction of sp³-hybridized carbons (Fsp3) is 0.350. The Balaban J connectivity index is 2.14. The number of phenols is 1. The number of carbonyl (C=O) groups is 1. The lowest BCUT2D eigenvalue weighted by atomic mass is 10.0. The van der Waals surface area contributed by atoms with Gasteiger partial charge in [0, 0.05) is 17.6 Å². The number of esters is 1. The number of aromatic hydroxyl groups is 1. The number of carbonyl (C=O) groups excluding carboxylic acids is 1. The van der Waals surface area contributed by atoms with E-state index in [-0.39, 0.29) is 33.9 Å². The number of aliphatic hydroxyl groups excluding tert-OH is 1. The SMILES string of the molecule is CC(C)(C)NCC(O)c1ccc(O)c(COC(=O)c2ccccc2S(N)(=O)=O)c1. The van der Waals surface area contributed by atoms with Crippen molar-refractivity contribution in [2.24, 2.45) is 5.14 Å². The molecule has 0 bridgehead atoms. The molecule has 2 rings (SSSR count). The monoisotopic (exact) mass is 422 g/mol. The van der Waals surface area contributed by atoms with Gasteiger partial charge in [0.2, 0.25) is 10.0 Å². The first-order chi connectivity index (χ1) is 13.4. The van der Waals surface area contributed by atoms with Gasteiger partial charge in [-0.15, -0.1) is 0 Å². The van der Waals surface area contributed by atoms with E-state index in [1.54, 1.807) is 6.07 Å². The third-order valence-corrected chi connectivity index (χ3v) is 5.06. The molecule has 0 saturated carbocycles. The van der Waals surface area contributed by atoms with Gasteiger partial charge >= 0.3 is 5.97 Å². The van der Waals surface area contributed by atoms with Crippen molar-refractivity contribution in [3.05, 3.63) is 59.2 Å². The van der Waals surface area contributed by atoms with E-state index in [9.17, 15) is 23.4 Å². The number of phenolic OH excluding ortho intramolecular Hbond substituents is 1. The number of β-amino-alcohol motifs (C(OH)–C–C–N with tert-alkyl or cyclic N) is 1. The number of ether oxygens (including phenoxy) is 1. The van der Waals surface area contributed by atoms with Crippen LogP contribution in [0.5, 0.6) is 5.75 Å². The molecule has 0 spiro atoms. The van der Waals surface area contributed by atoms with Crippen molar-refractivity contribution >= 4 is 16.0 Å². The lowest BCUT2D eigenvalue weighted by Gasteiger charge is -2.23. The largest absolute Gasteiger partial charge is 0.508 e. The fourth-order valence-corrected chi connectivity index (χ4v) is 3.28. The standard InChI is InChI=1S/C20H26N2O6S/c1-20(2,3)22-11-17(24)13-8-9-16(23)14(10-13)12-28-19(25)15-6-4-5-7-18(15)29(21,26)27/h4-10,17,22-24H,11-12H2,1-3H3,(H2,21,26,27). The molecule has 0 heterocycles. The van der Waals surface area contributed by atoms with Crippen molar-refractivity contribution in [2.75, 3.05) is 6.54 Å². The second-order valence-electron chi connectivity index (χ2n) is 7.65. The van der Waals surface area contributed by atoms with Crippen LogP contribution in [0, 0.1) is 0 Å². The molecule has 1 atom stereocenters. The van der Waals surface area contributed by atoms with Crippen LogP contribution in [-0.2, 0) is 21.4 Å². The Bertz CT molecular complexity index is 983. The van der Waals surface area contributed by atoms with E-state index in [2.05, 4.69) is 5.32 Å². The maximum absolute atomic E-state index is 12.3. The second kappa shape index (κ2) is 8.91. The zero-order valence-electron chi connectivity index (χ0n) is 16.5. The summed E-state index contributed by atoms with van der Waals surface area (Å²) < 4.78 is 28.4. The average molecular weight is 423 g/mol. The Kier molecular flexibility index (Phi) is 7.02. The predicted molar refractivity (Wildman–Crippen MR) is 108 cm³/mol. The summed E-state index contributed by atoms with van der Waals surface area (Å²) in [6.07, 6.45) is -0.826. The number of rotatable bonds is 7. The fourth-order valence-electron chi connectivity index (χ4n) is 2.55. The molecular formula is C20H26N2O6S. The average Bonchev–Trinajstić information content (AvgIpc) is 2.64. The van der Waals surface area contributed by atoms with Gasteiger partial charge in [-0.3, -0.25) is 0 Å². The molecule has 0 fully saturated rings. The van der Waals surface area contributed by atoms with E-state index in [0.717, 1.165) is 0 Å². The Hall–Kier alpha value is -2.46. The van der Waals surface area contributed by atoms with Gasteiger partial charge in [-0.1, -0.05) is 18.2 Å². The smallest absolute Gasteiger partial charge is 0.339 e. The summed E-state index contributed by atoms with van der Waals surface area (Å²) in [6, 6.07) is 9.94. The molecule has 0 aliphatic carbocycles. The van der Waals surface area contributed by atoms with Gasteiger partial charge in [-0.2, -0.15) is 0 Å². The number of hydrogen-bond acceptors (Lipinski definition) is 7. The Morgan fingerprint density at radius 1 is 1.21 bits per heavy atom. The maximum Gasteiger partial charge on any atom is 0.339 e. The van der Waals surface area contributed by atoms with Gasteiger partial charge in [0.25, 0.3) is 0 Å². The van der Waals surface area contributed by atoms with Crippen LogP contribution in [0.25, 0.3) is 0 Å². The minimum absolute atomic E-state index is 0.114. The first-order valence-corrected chi connectivity index (χ1v) is 10.5. The Labute approximate surface area is 170 Å². The number of sulfonamides is 1. The first kappa shape index (κ1) is 22.8. The molecule has 2 aromatic carbocycles. The Morgan fingerprint density at radius 3 is 2.48 bits per heavy atom. The third kappa shape index (κ3) is 6.53. The molecule has 0 aromatic heterocycles. The van der Waals surface area contributed by atoms with Crippen molar-refractivity contribution < 1.29 is 28.2 Å². The predicted octanol–water partition coefficient (Wildman–Crippen LogP) is 1.82. The molecule has 2 aromatic rings. The van der Waals surface area contributed by atoms with Crippen molar-refractivity contribution in [1.29, 1.82) is 0 Å². The van der Waals surface area contributed by atoms with Crippen LogP contribution in [0.1, 0.15) is 48.4 Å². The van der Waals surface area contributed by atoms with Crippen molar-refractivity contribution in [2.45, 2.75) is 43.9 Å². The van der Waals surface area contributed by atoms with Gasteiger partial charge in [0.05, 0.1) is 16.6 Å². The van der Waals surface area contributed by atoms with Crippen LogP contribution in [0.15, 0.2) is 47.4 Å². The van der Waals surface area contributed by atoms with E-state index >= 15 is 0 Å². The van der Waals surface area contributed by atoms with Gasteiger partial charge < -0.3 is 20.3 Å². The van der Waals surface area contributed by atoms with Crippen LogP contribution < -0.4 is 10.5 Å². The lowest BCUT2D eigenvalue weighted by Crippen LogP contribution is -2.38. The lowest BCUT2D eigenvalue weighted by molar-refractivity contribution is 0.0465. The number of primary sulfonamides is 1. The topological polar surface area (TPSA) is 139 Å². The number of nitrogens with two attached hydrogens (primary N) is 1. The maximum atomic E-state index is 12.3. The molecule has 158 valence electrons. The zero-order chi connectivity index (χ0) is 21.8. The molecule has 29 heavy (non-hydrogen) atoms.